The number of esters is 1. The van der Waals surface area contributed by atoms with Crippen molar-refractivity contribution in [3.8, 4) is 6.07 Å². The molecular weight excluding hydrogens is 338 g/mol. The Kier molecular flexibility index (Phi) is 4.97. The standard InChI is InChI=1S/C11H9Br2NO2/c1-2-16-10(15)5-8-7(6-14)3-4-9(12)11(8)13/h3-4H,2,5H2,1H3. The zero-order valence-electron chi connectivity index (χ0n) is 8.59. The van der Waals surface area contributed by atoms with E-state index in [-0.39, 0.29) is 12.4 Å². The van der Waals surface area contributed by atoms with Crippen molar-refractivity contribution in [1.82, 2.24) is 0 Å². The van der Waals surface area contributed by atoms with Gasteiger partial charge in [-0.3, -0.25) is 4.79 Å². The molecule has 1 aromatic carbocycles. The lowest BCUT2D eigenvalue weighted by Gasteiger charge is -2.08. The third-order valence-electron chi connectivity index (χ3n) is 1.94. The summed E-state index contributed by atoms with van der Waals surface area (Å²) < 4.78 is 6.39. The molecule has 0 saturated carbocycles. The van der Waals surface area contributed by atoms with Crippen molar-refractivity contribution in [3.63, 3.8) is 0 Å². The lowest BCUT2D eigenvalue weighted by molar-refractivity contribution is -0.142. The van der Waals surface area contributed by atoms with Crippen LogP contribution in [0.2, 0.25) is 0 Å². The number of carbonyl (C=O) groups is 1. The van der Waals surface area contributed by atoms with Crippen LogP contribution >= 0.6 is 31.9 Å². The van der Waals surface area contributed by atoms with E-state index in [4.69, 9.17) is 10.00 Å². The first kappa shape index (κ1) is 13.2. The van der Waals surface area contributed by atoms with Crippen molar-refractivity contribution in [2.45, 2.75) is 13.3 Å². The van der Waals surface area contributed by atoms with E-state index in [2.05, 4.69) is 37.9 Å². The first-order valence-corrected chi connectivity index (χ1v) is 6.21. The summed E-state index contributed by atoms with van der Waals surface area (Å²) in [5, 5.41) is 8.94. The number of benzene rings is 1. The molecule has 0 amide bonds. The Balaban J connectivity index is 3.07. The summed E-state index contributed by atoms with van der Waals surface area (Å²) in [4.78, 5) is 11.4. The Labute approximate surface area is 111 Å². The van der Waals surface area contributed by atoms with Gasteiger partial charge in [0, 0.05) is 8.95 Å². The van der Waals surface area contributed by atoms with Crippen molar-refractivity contribution in [1.29, 1.82) is 5.26 Å². The van der Waals surface area contributed by atoms with Crippen molar-refractivity contribution in [2.24, 2.45) is 0 Å². The molecule has 0 aromatic heterocycles. The third-order valence-corrected chi connectivity index (χ3v) is 4.04. The Hall–Kier alpha value is -0.860. The second-order valence-corrected chi connectivity index (χ2v) is 4.63. The van der Waals surface area contributed by atoms with Crippen LogP contribution in [0.1, 0.15) is 18.1 Å². The van der Waals surface area contributed by atoms with Gasteiger partial charge in [-0.1, -0.05) is 0 Å². The minimum Gasteiger partial charge on any atom is -0.466 e. The van der Waals surface area contributed by atoms with Crippen molar-refractivity contribution in [2.75, 3.05) is 6.61 Å². The quantitative estimate of drug-likeness (QED) is 0.790. The molecular formula is C11H9Br2NO2. The summed E-state index contributed by atoms with van der Waals surface area (Å²) in [6.45, 7) is 2.09. The van der Waals surface area contributed by atoms with Crippen molar-refractivity contribution < 1.29 is 9.53 Å². The zero-order valence-corrected chi connectivity index (χ0v) is 11.8. The van der Waals surface area contributed by atoms with Gasteiger partial charge in [0.05, 0.1) is 24.7 Å². The van der Waals surface area contributed by atoms with Crippen LogP contribution in [0.15, 0.2) is 21.1 Å². The molecule has 1 rings (SSSR count). The molecule has 0 saturated heterocycles. The lowest BCUT2D eigenvalue weighted by atomic mass is 10.1. The fourth-order valence-corrected chi connectivity index (χ4v) is 2.08. The van der Waals surface area contributed by atoms with Gasteiger partial charge in [-0.15, -0.1) is 0 Å². The molecule has 3 nitrogen and oxygen atoms in total. The highest BCUT2D eigenvalue weighted by Crippen LogP contribution is 2.29. The van der Waals surface area contributed by atoms with Crippen LogP contribution in [-0.2, 0) is 16.0 Å². The Morgan fingerprint density at radius 1 is 1.50 bits per heavy atom. The second kappa shape index (κ2) is 6.02. The third kappa shape index (κ3) is 3.06. The minimum absolute atomic E-state index is 0.0940. The number of carbonyl (C=O) groups excluding carboxylic acids is 1. The summed E-state index contributed by atoms with van der Waals surface area (Å²) in [7, 11) is 0. The van der Waals surface area contributed by atoms with E-state index < -0.39 is 0 Å². The SMILES string of the molecule is CCOC(=O)Cc1c(C#N)ccc(Br)c1Br. The fourth-order valence-electron chi connectivity index (χ4n) is 1.23. The number of ether oxygens (including phenoxy) is 1. The van der Waals surface area contributed by atoms with Gasteiger partial charge >= 0.3 is 5.97 Å². The largest absolute Gasteiger partial charge is 0.466 e. The maximum atomic E-state index is 11.4. The molecule has 0 radical (unpaired) electrons. The van der Waals surface area contributed by atoms with E-state index in [9.17, 15) is 4.79 Å². The topological polar surface area (TPSA) is 50.1 Å². The highest BCUT2D eigenvalue weighted by atomic mass is 79.9. The summed E-state index contributed by atoms with van der Waals surface area (Å²) in [5.74, 6) is -0.335. The van der Waals surface area contributed by atoms with Crippen LogP contribution in [0.4, 0.5) is 0 Å². The Bertz CT molecular complexity index is 452. The van der Waals surface area contributed by atoms with Crippen LogP contribution in [-0.4, -0.2) is 12.6 Å². The average Bonchev–Trinajstić information content (AvgIpc) is 2.25. The molecule has 0 atom stereocenters. The molecule has 0 heterocycles. The van der Waals surface area contributed by atoms with Crippen molar-refractivity contribution >= 4 is 37.8 Å². The van der Waals surface area contributed by atoms with Gasteiger partial charge < -0.3 is 4.74 Å². The smallest absolute Gasteiger partial charge is 0.310 e. The fraction of sp³-hybridized carbons (Fsp3) is 0.273. The number of hydrogen-bond donors (Lipinski definition) is 0. The molecule has 16 heavy (non-hydrogen) atoms. The van der Waals surface area contributed by atoms with E-state index in [0.29, 0.717) is 17.7 Å². The summed E-state index contributed by atoms with van der Waals surface area (Å²) in [6.07, 6.45) is 0.0940. The Morgan fingerprint density at radius 3 is 2.75 bits per heavy atom. The predicted octanol–water partition coefficient (Wildman–Crippen LogP) is 3.19. The van der Waals surface area contributed by atoms with Gasteiger partial charge in [0.2, 0.25) is 0 Å². The van der Waals surface area contributed by atoms with Gasteiger partial charge in [0.15, 0.2) is 0 Å². The molecule has 0 N–H and O–H groups in total. The molecule has 0 bridgehead atoms. The number of halogens is 2. The second-order valence-electron chi connectivity index (χ2n) is 2.98. The van der Waals surface area contributed by atoms with Crippen LogP contribution in [0, 0.1) is 11.3 Å². The number of hydrogen-bond acceptors (Lipinski definition) is 3. The van der Waals surface area contributed by atoms with Crippen LogP contribution < -0.4 is 0 Å². The highest BCUT2D eigenvalue weighted by molar-refractivity contribution is 9.13. The van der Waals surface area contributed by atoms with E-state index in [1.165, 1.54) is 0 Å². The van der Waals surface area contributed by atoms with E-state index in [1.807, 2.05) is 0 Å². The van der Waals surface area contributed by atoms with Gasteiger partial charge in [0.25, 0.3) is 0 Å². The predicted molar refractivity (Wildman–Crippen MR) is 66.9 cm³/mol. The van der Waals surface area contributed by atoms with Crippen molar-refractivity contribution in [3.05, 3.63) is 32.2 Å². The number of nitrogens with zero attached hydrogens (tertiary/aromatic N) is 1. The van der Waals surface area contributed by atoms with E-state index in [1.54, 1.807) is 19.1 Å². The molecule has 0 aliphatic carbocycles. The zero-order chi connectivity index (χ0) is 12.1. The lowest BCUT2D eigenvalue weighted by Crippen LogP contribution is -2.09. The summed E-state index contributed by atoms with van der Waals surface area (Å²) >= 11 is 6.68. The minimum atomic E-state index is -0.335. The molecule has 1 aromatic rings. The monoisotopic (exact) mass is 345 g/mol. The maximum absolute atomic E-state index is 11.4. The van der Waals surface area contributed by atoms with Gasteiger partial charge in [-0.2, -0.15) is 5.26 Å². The molecule has 0 aliphatic rings. The Morgan fingerprint density at radius 2 is 2.19 bits per heavy atom. The van der Waals surface area contributed by atoms with Crippen LogP contribution in [0.5, 0.6) is 0 Å². The maximum Gasteiger partial charge on any atom is 0.310 e. The first-order chi connectivity index (χ1) is 7.60. The highest BCUT2D eigenvalue weighted by Gasteiger charge is 2.14. The number of nitriles is 1. The van der Waals surface area contributed by atoms with Gasteiger partial charge in [-0.05, 0) is 56.5 Å². The summed E-state index contributed by atoms with van der Waals surface area (Å²) in [6, 6.07) is 5.48. The molecule has 0 fully saturated rings. The van der Waals surface area contributed by atoms with Crippen LogP contribution in [0.3, 0.4) is 0 Å². The molecule has 0 spiro atoms. The number of rotatable bonds is 3. The normalized spacial score (nSPS) is 9.62. The van der Waals surface area contributed by atoms with Crippen LogP contribution in [0.25, 0.3) is 0 Å². The van der Waals surface area contributed by atoms with E-state index in [0.717, 1.165) is 8.95 Å². The average molecular weight is 347 g/mol. The first-order valence-electron chi connectivity index (χ1n) is 4.62. The molecule has 0 aliphatic heterocycles. The summed E-state index contributed by atoms with van der Waals surface area (Å²) in [5.41, 5.74) is 1.12. The van der Waals surface area contributed by atoms with Gasteiger partial charge in [0.1, 0.15) is 0 Å². The van der Waals surface area contributed by atoms with Gasteiger partial charge in [-0.25, -0.2) is 0 Å². The molecule has 0 unspecified atom stereocenters. The molecule has 5 heteroatoms. The molecule has 84 valence electrons. The van der Waals surface area contributed by atoms with E-state index >= 15 is 0 Å².